The quantitative estimate of drug-likeness (QED) is 0.136. The summed E-state index contributed by atoms with van der Waals surface area (Å²) in [6, 6.07) is 56.8. The van der Waals surface area contributed by atoms with Crippen molar-refractivity contribution in [1.82, 2.24) is 9.13 Å². The molecule has 2 aliphatic heterocycles. The van der Waals surface area contributed by atoms with Crippen LogP contribution in [0.5, 0.6) is 0 Å². The highest BCUT2D eigenvalue weighted by atomic mass is 32.3. The molecule has 0 saturated heterocycles. The first-order valence-corrected chi connectivity index (χ1v) is 27.4. The number of carbonyl (C=O) groups excluding carboxylic acids is 2. The van der Waals surface area contributed by atoms with E-state index >= 15 is 0 Å². The second-order valence-electron chi connectivity index (χ2n) is 19.7. The summed E-state index contributed by atoms with van der Waals surface area (Å²) < 4.78 is 51.2. The molecule has 3 unspecified atom stereocenters. The molecule has 10 heteroatoms. The number of hydrogen-bond acceptors (Lipinski definition) is 6. The number of ketones is 2. The third-order valence-corrected chi connectivity index (χ3v) is 20.3. The van der Waals surface area contributed by atoms with Crippen LogP contribution < -0.4 is 0 Å². The number of fused-ring (bicyclic) bond motifs is 10. The summed E-state index contributed by atoms with van der Waals surface area (Å²) in [6.07, 6.45) is 12.9. The van der Waals surface area contributed by atoms with E-state index in [-0.39, 0.29) is 48.9 Å². The van der Waals surface area contributed by atoms with E-state index in [1.165, 1.54) is 21.5 Å². The molecule has 4 aliphatic rings. The molecule has 0 radical (unpaired) electrons. The van der Waals surface area contributed by atoms with Crippen LogP contribution in [-0.4, -0.2) is 43.7 Å². The van der Waals surface area contributed by atoms with Gasteiger partial charge in [-0.15, -0.1) is 10.6 Å². The van der Waals surface area contributed by atoms with Crippen LogP contribution in [0.25, 0.3) is 77.2 Å². The van der Waals surface area contributed by atoms with Gasteiger partial charge < -0.3 is 9.13 Å². The predicted molar refractivity (Wildman–Crippen MR) is 296 cm³/mol. The minimum atomic E-state index is -3.58. The SMILES string of the molecule is CC12C=CC(C3C=CC(n4c5ccccc5c5ccccc54)=CC3)=CC1C(=O)c1cc(-c3ccc4c(c3)C(=O)c3cc(-c5ccc(-n6c7ccccc7c7ccccc76)cc5)ccc3S4(O)O)ccc1S2(O)O. The number of nitrogens with zero attached hydrogens (tertiary/aromatic N) is 2. The van der Waals surface area contributed by atoms with Gasteiger partial charge in [-0.1, -0.05) is 134 Å². The van der Waals surface area contributed by atoms with Gasteiger partial charge in [0.15, 0.2) is 11.6 Å². The van der Waals surface area contributed by atoms with Crippen molar-refractivity contribution in [2.45, 2.75) is 32.8 Å². The van der Waals surface area contributed by atoms with Gasteiger partial charge in [-0.25, -0.2) is 0 Å². The summed E-state index contributed by atoms with van der Waals surface area (Å²) in [7, 11) is -7.12. The molecule has 0 spiro atoms. The summed E-state index contributed by atoms with van der Waals surface area (Å²) in [5, 5.41) is 4.73. The fourth-order valence-electron chi connectivity index (χ4n) is 11.9. The molecule has 0 bridgehead atoms. The number of Topliss-reactive ketones (excluding diaryl/α,β-unsaturated/α-hetero) is 1. The lowest BCUT2D eigenvalue weighted by molar-refractivity contribution is 0.0916. The van der Waals surface area contributed by atoms with Crippen LogP contribution in [0.4, 0.5) is 0 Å². The Kier molecular flexibility index (Phi) is 9.54. The molecule has 3 atom stereocenters. The Morgan fingerprint density at radius 3 is 1.51 bits per heavy atom. The molecular weight excluding hydrogens is 945 g/mol. The van der Waals surface area contributed by atoms with Gasteiger partial charge >= 0.3 is 0 Å². The summed E-state index contributed by atoms with van der Waals surface area (Å²) in [5.74, 6) is -1.44. The zero-order valence-corrected chi connectivity index (χ0v) is 41.0. The van der Waals surface area contributed by atoms with E-state index in [1.54, 1.807) is 55.5 Å². The maximum absolute atomic E-state index is 14.8. The van der Waals surface area contributed by atoms with Crippen molar-refractivity contribution >= 4 is 82.1 Å². The molecule has 8 nitrogen and oxygen atoms in total. The van der Waals surface area contributed by atoms with E-state index in [0.717, 1.165) is 50.2 Å². The minimum Gasteiger partial charge on any atom is -0.310 e. The number of allylic oxidation sites excluding steroid dienone is 7. The van der Waals surface area contributed by atoms with E-state index in [4.69, 9.17) is 0 Å². The van der Waals surface area contributed by atoms with Crippen molar-refractivity contribution in [3.63, 3.8) is 0 Å². The van der Waals surface area contributed by atoms with Crippen LogP contribution in [0.15, 0.2) is 233 Å². The van der Waals surface area contributed by atoms with Gasteiger partial charge in [0.05, 0.1) is 47.4 Å². The summed E-state index contributed by atoms with van der Waals surface area (Å²) in [5.41, 5.74) is 10.8. The molecule has 4 N–H and O–H groups in total. The molecule has 356 valence electrons. The Morgan fingerprint density at radius 1 is 0.521 bits per heavy atom. The van der Waals surface area contributed by atoms with Crippen molar-refractivity contribution < 1.29 is 27.8 Å². The highest BCUT2D eigenvalue weighted by Crippen LogP contribution is 2.68. The summed E-state index contributed by atoms with van der Waals surface area (Å²) in [4.78, 5) is 29.9. The van der Waals surface area contributed by atoms with Crippen LogP contribution in [0.3, 0.4) is 0 Å². The number of hydrogen-bond donors (Lipinski definition) is 4. The highest BCUT2D eigenvalue weighted by Gasteiger charge is 2.54. The number of rotatable bonds is 5. The van der Waals surface area contributed by atoms with Crippen LogP contribution >= 0.6 is 21.2 Å². The van der Waals surface area contributed by atoms with Crippen LogP contribution in [0.2, 0.25) is 0 Å². The van der Waals surface area contributed by atoms with E-state index in [2.05, 4.69) is 112 Å². The van der Waals surface area contributed by atoms with Gasteiger partial charge in [0.25, 0.3) is 0 Å². The van der Waals surface area contributed by atoms with Crippen molar-refractivity contribution in [3.8, 4) is 27.9 Å². The normalized spacial score (nSPS) is 21.3. The standard InChI is InChI=1S/C63H46N2O6S2/c1-63-33-32-43(39-20-27-45(28-21-39)65-56-16-8-4-12-48(56)49-13-5-9-17-57(49)65)37-53(63)62(67)52-36-42(24-31-60(52)73(63,70)71)41-23-30-59-51(35-41)61(66)50-34-40(22-29-58(50)72(59,68)69)38-18-25-44(26-19-38)64-54-14-6-2-10-46(54)47-11-3-7-15-55(47)64/h2-20,22-37,39,53,68-71H,21H2,1H3. The van der Waals surface area contributed by atoms with Crippen molar-refractivity contribution in [1.29, 1.82) is 0 Å². The fraction of sp³-hybridized carbons (Fsp3) is 0.0794. The zero-order chi connectivity index (χ0) is 49.5. The summed E-state index contributed by atoms with van der Waals surface area (Å²) in [6.45, 7) is 1.75. The molecule has 0 amide bonds. The highest BCUT2D eigenvalue weighted by molar-refractivity contribution is 8.25. The first kappa shape index (κ1) is 43.9. The van der Waals surface area contributed by atoms with E-state index in [0.29, 0.717) is 17.5 Å². The largest absolute Gasteiger partial charge is 0.310 e. The van der Waals surface area contributed by atoms with Crippen LogP contribution in [0, 0.1) is 11.8 Å². The van der Waals surface area contributed by atoms with Crippen LogP contribution in [-0.2, 0) is 0 Å². The molecular formula is C63H46N2O6S2. The number of para-hydroxylation sites is 4. The van der Waals surface area contributed by atoms with Gasteiger partial charge in [0, 0.05) is 55.5 Å². The molecule has 0 saturated carbocycles. The predicted octanol–water partition coefficient (Wildman–Crippen LogP) is 16.2. The van der Waals surface area contributed by atoms with Crippen molar-refractivity contribution in [2.24, 2.45) is 11.8 Å². The van der Waals surface area contributed by atoms with Crippen molar-refractivity contribution in [3.05, 3.63) is 235 Å². The molecule has 2 aliphatic carbocycles. The summed E-state index contributed by atoms with van der Waals surface area (Å²) >= 11 is 0. The van der Waals surface area contributed by atoms with Gasteiger partial charge in [0.1, 0.15) is 0 Å². The molecule has 8 aromatic carbocycles. The lowest BCUT2D eigenvalue weighted by Crippen LogP contribution is -2.47. The van der Waals surface area contributed by atoms with Crippen molar-refractivity contribution in [2.75, 3.05) is 0 Å². The monoisotopic (exact) mass is 990 g/mol. The molecule has 2 aromatic heterocycles. The second kappa shape index (κ2) is 15.8. The second-order valence-corrected chi connectivity index (χ2v) is 24.1. The van der Waals surface area contributed by atoms with E-state index in [1.807, 2.05) is 60.7 Å². The smallest absolute Gasteiger partial charge is 0.196 e. The van der Waals surface area contributed by atoms with E-state index in [9.17, 15) is 27.8 Å². The number of benzene rings is 8. The van der Waals surface area contributed by atoms with Gasteiger partial charge in [-0.05, 0) is 120 Å². The molecule has 14 rings (SSSR count). The average molecular weight is 991 g/mol. The Labute approximate surface area is 423 Å². The maximum atomic E-state index is 14.8. The van der Waals surface area contributed by atoms with Gasteiger partial charge in [0.2, 0.25) is 0 Å². The first-order chi connectivity index (χ1) is 35.4. The molecule has 10 aromatic rings. The zero-order valence-electron chi connectivity index (χ0n) is 39.4. The lowest BCUT2D eigenvalue weighted by atomic mass is 9.77. The fourth-order valence-corrected chi connectivity index (χ4v) is 15.6. The molecule has 73 heavy (non-hydrogen) atoms. The van der Waals surface area contributed by atoms with Crippen LogP contribution in [0.1, 0.15) is 39.6 Å². The first-order valence-electron chi connectivity index (χ1n) is 24.4. The molecule has 0 fully saturated rings. The Bertz CT molecular complexity index is 4100. The Hall–Kier alpha value is -7.80. The number of carbonyl (C=O) groups is 2. The average Bonchev–Trinajstić information content (AvgIpc) is 3.95. The maximum Gasteiger partial charge on any atom is 0.196 e. The van der Waals surface area contributed by atoms with E-state index < -0.39 is 31.8 Å². The number of aromatic nitrogens is 2. The van der Waals surface area contributed by atoms with Gasteiger partial charge in [-0.3, -0.25) is 27.8 Å². The Morgan fingerprint density at radius 2 is 0.986 bits per heavy atom. The third-order valence-electron chi connectivity index (χ3n) is 15.8. The third kappa shape index (κ3) is 6.32. The Balaban J connectivity index is 0.761. The van der Waals surface area contributed by atoms with Gasteiger partial charge in [-0.2, -0.15) is 10.6 Å². The molecule has 4 heterocycles. The minimum absolute atomic E-state index is 0.0284. The lowest BCUT2D eigenvalue weighted by Gasteiger charge is -2.54. The topological polar surface area (TPSA) is 125 Å².